The van der Waals surface area contributed by atoms with Crippen LogP contribution in [0.2, 0.25) is 0 Å². The number of Topliss-reactive ketones (excluding diaryl/α,β-unsaturated/α-hetero) is 1. The zero-order chi connectivity index (χ0) is 20.8. The molecule has 9 nitrogen and oxygen atoms in total. The first-order chi connectivity index (χ1) is 13.2. The number of ketones is 1. The number of nitro groups is 1. The Labute approximate surface area is 159 Å². The molecule has 2 aromatic carbocycles. The van der Waals surface area contributed by atoms with Gasteiger partial charge in [-0.05, 0) is 44.2 Å². The highest BCUT2D eigenvalue weighted by Crippen LogP contribution is 2.28. The lowest BCUT2D eigenvalue weighted by molar-refractivity contribution is -0.384. The average molecular weight is 383 g/mol. The number of anilines is 2. The van der Waals surface area contributed by atoms with E-state index in [1.54, 1.807) is 24.3 Å². The lowest BCUT2D eigenvalue weighted by Gasteiger charge is -2.08. The zero-order valence-electron chi connectivity index (χ0n) is 15.1. The van der Waals surface area contributed by atoms with Gasteiger partial charge in [-0.3, -0.25) is 24.5 Å². The molecule has 0 saturated heterocycles. The Bertz CT molecular complexity index is 980. The summed E-state index contributed by atoms with van der Waals surface area (Å²) in [4.78, 5) is 45.6. The van der Waals surface area contributed by atoms with E-state index in [0.29, 0.717) is 11.3 Å². The van der Waals surface area contributed by atoms with Gasteiger partial charge in [-0.25, -0.2) is 0 Å². The predicted molar refractivity (Wildman–Crippen MR) is 102 cm³/mol. The molecule has 0 fully saturated rings. The summed E-state index contributed by atoms with van der Waals surface area (Å²) in [5.74, 6) is -1.74. The molecule has 144 valence electrons. The Kier molecular flexibility index (Phi) is 6.22. The second kappa shape index (κ2) is 8.58. The molecule has 2 aromatic rings. The van der Waals surface area contributed by atoms with Gasteiger partial charge >= 0.3 is 0 Å². The number of phenolic OH excluding ortho intramolecular Hbond substituents is 1. The number of benzene rings is 2. The summed E-state index contributed by atoms with van der Waals surface area (Å²) in [6.07, 6.45) is 1.04. The maximum Gasteiger partial charge on any atom is 0.271 e. The Balaban J connectivity index is 2.06. The lowest BCUT2D eigenvalue weighted by atomic mass is 10.1. The van der Waals surface area contributed by atoms with Crippen molar-refractivity contribution in [2.24, 2.45) is 0 Å². The molecule has 0 atom stereocenters. The number of aromatic hydroxyl groups is 1. The quantitative estimate of drug-likeness (QED) is 0.230. The average Bonchev–Trinajstić information content (AvgIpc) is 2.63. The van der Waals surface area contributed by atoms with Crippen LogP contribution in [0.15, 0.2) is 54.1 Å². The van der Waals surface area contributed by atoms with Gasteiger partial charge < -0.3 is 15.7 Å². The van der Waals surface area contributed by atoms with E-state index < -0.39 is 16.7 Å². The molecule has 0 radical (unpaired) electrons. The number of hydrogen-bond donors (Lipinski definition) is 3. The van der Waals surface area contributed by atoms with Gasteiger partial charge in [0, 0.05) is 35.0 Å². The van der Waals surface area contributed by atoms with Gasteiger partial charge in [-0.2, -0.15) is 0 Å². The smallest absolute Gasteiger partial charge is 0.271 e. The highest BCUT2D eigenvalue weighted by molar-refractivity contribution is 6.10. The number of nitrogens with one attached hydrogen (secondary N) is 2. The largest absolute Gasteiger partial charge is 0.506 e. The summed E-state index contributed by atoms with van der Waals surface area (Å²) in [5.41, 5.74) is 0.508. The Hall–Kier alpha value is -4.01. The van der Waals surface area contributed by atoms with Crippen LogP contribution < -0.4 is 10.6 Å². The van der Waals surface area contributed by atoms with Gasteiger partial charge in [0.25, 0.3) is 11.6 Å². The number of carbonyl (C=O) groups is 3. The topological polar surface area (TPSA) is 139 Å². The van der Waals surface area contributed by atoms with Crippen LogP contribution in [-0.2, 0) is 9.59 Å². The minimum atomic E-state index is -0.710. The molecule has 9 heteroatoms. The van der Waals surface area contributed by atoms with Gasteiger partial charge in [0.15, 0.2) is 5.78 Å². The number of nitrogens with zero attached hydrogens (tertiary/aromatic N) is 1. The Morgan fingerprint density at radius 2 is 1.68 bits per heavy atom. The number of carbonyl (C=O) groups excluding carboxylic acids is 3. The van der Waals surface area contributed by atoms with E-state index in [-0.39, 0.29) is 28.5 Å². The SMILES string of the molecule is CC(=O)c1ccc(NC(=O)/C=C(\C)C(=O)Nc2cc([N+](=O)[O-])ccc2O)cc1. The zero-order valence-corrected chi connectivity index (χ0v) is 15.1. The molecule has 0 spiro atoms. The Morgan fingerprint density at radius 1 is 1.04 bits per heavy atom. The molecule has 0 aliphatic heterocycles. The number of non-ortho nitro benzene ring substituents is 1. The van der Waals surface area contributed by atoms with E-state index >= 15 is 0 Å². The van der Waals surface area contributed by atoms with Crippen molar-refractivity contribution < 1.29 is 24.4 Å². The van der Waals surface area contributed by atoms with Crippen molar-refractivity contribution in [1.82, 2.24) is 0 Å². The van der Waals surface area contributed by atoms with Crippen LogP contribution in [0.1, 0.15) is 24.2 Å². The van der Waals surface area contributed by atoms with E-state index in [1.807, 2.05) is 0 Å². The summed E-state index contributed by atoms with van der Waals surface area (Å²) in [6.45, 7) is 2.81. The van der Waals surface area contributed by atoms with E-state index in [0.717, 1.165) is 24.3 Å². The molecule has 0 saturated carbocycles. The van der Waals surface area contributed by atoms with Crippen LogP contribution >= 0.6 is 0 Å². The van der Waals surface area contributed by atoms with Crippen molar-refractivity contribution in [1.29, 1.82) is 0 Å². The number of nitro benzene ring substituents is 1. The van der Waals surface area contributed by atoms with Crippen molar-refractivity contribution in [3.05, 3.63) is 69.8 Å². The van der Waals surface area contributed by atoms with Crippen molar-refractivity contribution in [2.75, 3.05) is 10.6 Å². The van der Waals surface area contributed by atoms with Gasteiger partial charge in [-0.15, -0.1) is 0 Å². The fourth-order valence-electron chi connectivity index (χ4n) is 2.19. The summed E-state index contributed by atoms with van der Waals surface area (Å²) in [7, 11) is 0. The fourth-order valence-corrected chi connectivity index (χ4v) is 2.19. The number of hydrogen-bond acceptors (Lipinski definition) is 6. The molecule has 2 amide bonds. The third-order valence-electron chi connectivity index (χ3n) is 3.70. The minimum Gasteiger partial charge on any atom is -0.506 e. The maximum atomic E-state index is 12.2. The van der Waals surface area contributed by atoms with E-state index in [1.165, 1.54) is 13.8 Å². The molecule has 2 rings (SSSR count). The van der Waals surface area contributed by atoms with Gasteiger partial charge in [0.05, 0.1) is 10.6 Å². The highest BCUT2D eigenvalue weighted by Gasteiger charge is 2.14. The first kappa shape index (κ1) is 20.3. The second-order valence-electron chi connectivity index (χ2n) is 5.86. The number of phenols is 1. The summed E-state index contributed by atoms with van der Waals surface area (Å²) in [6, 6.07) is 9.43. The molecule has 0 bridgehead atoms. The van der Waals surface area contributed by atoms with E-state index in [9.17, 15) is 29.6 Å². The molecular weight excluding hydrogens is 366 g/mol. The second-order valence-corrected chi connectivity index (χ2v) is 5.86. The third kappa shape index (κ3) is 5.24. The normalized spacial score (nSPS) is 10.9. The van der Waals surface area contributed by atoms with Crippen LogP contribution in [-0.4, -0.2) is 27.6 Å². The number of amides is 2. The van der Waals surface area contributed by atoms with Crippen molar-refractivity contribution >= 4 is 34.7 Å². The van der Waals surface area contributed by atoms with Gasteiger partial charge in [0.2, 0.25) is 5.91 Å². The summed E-state index contributed by atoms with van der Waals surface area (Å²) >= 11 is 0. The molecule has 0 unspecified atom stereocenters. The van der Waals surface area contributed by atoms with Gasteiger partial charge in [-0.1, -0.05) is 0 Å². The first-order valence-corrected chi connectivity index (χ1v) is 8.06. The van der Waals surface area contributed by atoms with Crippen LogP contribution in [0, 0.1) is 10.1 Å². The Morgan fingerprint density at radius 3 is 2.25 bits per heavy atom. The monoisotopic (exact) mass is 383 g/mol. The first-order valence-electron chi connectivity index (χ1n) is 8.06. The third-order valence-corrected chi connectivity index (χ3v) is 3.70. The van der Waals surface area contributed by atoms with Crippen LogP contribution in [0.3, 0.4) is 0 Å². The minimum absolute atomic E-state index is 0.0174. The van der Waals surface area contributed by atoms with Crippen molar-refractivity contribution in [3.8, 4) is 5.75 Å². The molecule has 0 aliphatic carbocycles. The predicted octanol–water partition coefficient (Wildman–Crippen LogP) is 3.03. The van der Waals surface area contributed by atoms with E-state index in [4.69, 9.17) is 0 Å². The van der Waals surface area contributed by atoms with Crippen LogP contribution in [0.5, 0.6) is 5.75 Å². The molecule has 0 aromatic heterocycles. The molecule has 0 aliphatic rings. The molecular formula is C19H17N3O6. The van der Waals surface area contributed by atoms with Gasteiger partial charge in [0.1, 0.15) is 5.75 Å². The highest BCUT2D eigenvalue weighted by atomic mass is 16.6. The maximum absolute atomic E-state index is 12.2. The molecule has 0 heterocycles. The summed E-state index contributed by atoms with van der Waals surface area (Å²) < 4.78 is 0. The fraction of sp³-hybridized carbons (Fsp3) is 0.105. The summed E-state index contributed by atoms with van der Waals surface area (Å²) in [5, 5.41) is 25.4. The number of rotatable bonds is 6. The molecule has 3 N–H and O–H groups in total. The van der Waals surface area contributed by atoms with Crippen molar-refractivity contribution in [3.63, 3.8) is 0 Å². The van der Waals surface area contributed by atoms with Crippen LogP contribution in [0.25, 0.3) is 0 Å². The van der Waals surface area contributed by atoms with Crippen molar-refractivity contribution in [2.45, 2.75) is 13.8 Å². The van der Waals surface area contributed by atoms with Crippen LogP contribution in [0.4, 0.5) is 17.1 Å². The van der Waals surface area contributed by atoms with E-state index in [2.05, 4.69) is 10.6 Å². The standard InChI is InChI=1S/C19H17N3O6/c1-11(9-18(25)20-14-5-3-13(4-6-14)12(2)23)19(26)21-16-10-15(22(27)28)7-8-17(16)24/h3-10,24H,1-2H3,(H,20,25)(H,21,26)/b11-9+. The molecule has 28 heavy (non-hydrogen) atoms. The lowest BCUT2D eigenvalue weighted by Crippen LogP contribution is -2.16.